The number of fused-ring (bicyclic) bond motifs is 3. The van der Waals surface area contributed by atoms with Gasteiger partial charge in [-0.2, -0.15) is 0 Å². The van der Waals surface area contributed by atoms with Gasteiger partial charge in [0.05, 0.1) is 5.39 Å². The highest BCUT2D eigenvalue weighted by molar-refractivity contribution is 7.18. The van der Waals surface area contributed by atoms with Gasteiger partial charge in [0.15, 0.2) is 0 Å². The van der Waals surface area contributed by atoms with Gasteiger partial charge in [-0.15, -0.1) is 11.3 Å². The number of rotatable bonds is 7. The Morgan fingerprint density at radius 2 is 2.03 bits per heavy atom. The molecule has 1 amide bonds. The van der Waals surface area contributed by atoms with Gasteiger partial charge in [0, 0.05) is 30.8 Å². The van der Waals surface area contributed by atoms with Crippen LogP contribution in [0.5, 0.6) is 0 Å². The maximum absolute atomic E-state index is 12.5. The minimum absolute atomic E-state index is 0.0407. The van der Waals surface area contributed by atoms with Crippen LogP contribution in [-0.2, 0) is 37.1 Å². The normalized spacial score (nSPS) is 13.2. The third kappa shape index (κ3) is 4.41. The van der Waals surface area contributed by atoms with Crippen molar-refractivity contribution < 1.29 is 4.79 Å². The Kier molecular flexibility index (Phi) is 5.78. The lowest BCUT2D eigenvalue weighted by molar-refractivity contribution is -0.121. The van der Waals surface area contributed by atoms with Crippen LogP contribution in [0.3, 0.4) is 0 Å². The van der Waals surface area contributed by atoms with Crippen molar-refractivity contribution in [1.29, 1.82) is 0 Å². The van der Waals surface area contributed by atoms with Gasteiger partial charge >= 0.3 is 0 Å². The molecule has 6 nitrogen and oxygen atoms in total. The molecular weight excluding hydrogens is 384 g/mol. The number of carbonyl (C=O) groups excluding carboxylic acids is 1. The van der Waals surface area contributed by atoms with E-state index < -0.39 is 0 Å². The fourth-order valence-corrected chi connectivity index (χ4v) is 5.19. The smallest absolute Gasteiger partial charge is 0.259 e. The number of hydrogen-bond donors (Lipinski definition) is 2. The van der Waals surface area contributed by atoms with Crippen LogP contribution in [0.25, 0.3) is 10.2 Å². The molecule has 0 aliphatic heterocycles. The Balaban J connectivity index is 1.37. The largest absolute Gasteiger partial charge is 0.352 e. The summed E-state index contributed by atoms with van der Waals surface area (Å²) in [6, 6.07) is 8.14. The molecule has 7 heteroatoms. The van der Waals surface area contributed by atoms with Crippen LogP contribution in [0.2, 0.25) is 0 Å². The summed E-state index contributed by atoms with van der Waals surface area (Å²) in [7, 11) is 4.06. The molecule has 29 heavy (non-hydrogen) atoms. The van der Waals surface area contributed by atoms with E-state index in [0.29, 0.717) is 25.2 Å². The summed E-state index contributed by atoms with van der Waals surface area (Å²) in [4.78, 5) is 36.6. The molecule has 1 aromatic carbocycles. The van der Waals surface area contributed by atoms with Gasteiger partial charge in [-0.25, -0.2) is 4.98 Å². The SMILES string of the molecule is CN(C)Cc1ccccc1CNC(=O)CCc1nc2sc3c(c2c(=O)[nH]1)CCC3. The van der Waals surface area contributed by atoms with Gasteiger partial charge in [-0.3, -0.25) is 9.59 Å². The fraction of sp³-hybridized carbons (Fsp3) is 0.409. The Morgan fingerprint density at radius 1 is 1.24 bits per heavy atom. The van der Waals surface area contributed by atoms with Gasteiger partial charge in [-0.05, 0) is 50.0 Å². The number of thiophene rings is 1. The van der Waals surface area contributed by atoms with E-state index in [1.54, 1.807) is 11.3 Å². The summed E-state index contributed by atoms with van der Waals surface area (Å²) in [5.41, 5.74) is 3.44. The predicted octanol–water partition coefficient (Wildman–Crippen LogP) is 2.78. The van der Waals surface area contributed by atoms with Crippen LogP contribution in [0.1, 0.15) is 40.2 Å². The first-order valence-corrected chi connectivity index (χ1v) is 10.8. The number of hydrogen-bond acceptors (Lipinski definition) is 5. The van der Waals surface area contributed by atoms with E-state index in [4.69, 9.17) is 0 Å². The van der Waals surface area contributed by atoms with Gasteiger partial charge < -0.3 is 15.2 Å². The minimum Gasteiger partial charge on any atom is -0.352 e. The molecule has 0 bridgehead atoms. The molecule has 152 valence electrons. The summed E-state index contributed by atoms with van der Waals surface area (Å²) in [5.74, 6) is 0.548. The highest BCUT2D eigenvalue weighted by Crippen LogP contribution is 2.34. The predicted molar refractivity (Wildman–Crippen MR) is 116 cm³/mol. The molecule has 0 fully saturated rings. The average Bonchev–Trinajstić information content (AvgIpc) is 3.26. The lowest BCUT2D eigenvalue weighted by Crippen LogP contribution is -2.25. The number of aromatic amines is 1. The summed E-state index contributed by atoms with van der Waals surface area (Å²) in [6.07, 6.45) is 3.87. The molecule has 2 aromatic heterocycles. The van der Waals surface area contributed by atoms with Crippen molar-refractivity contribution in [1.82, 2.24) is 20.2 Å². The van der Waals surface area contributed by atoms with Crippen LogP contribution in [0.15, 0.2) is 29.1 Å². The second-order valence-corrected chi connectivity index (χ2v) is 8.92. The second kappa shape index (κ2) is 8.47. The molecule has 0 saturated carbocycles. The first kappa shape index (κ1) is 19.8. The molecular formula is C22H26N4O2S. The van der Waals surface area contributed by atoms with Crippen LogP contribution < -0.4 is 10.9 Å². The zero-order valence-electron chi connectivity index (χ0n) is 16.9. The van der Waals surface area contributed by atoms with E-state index in [1.165, 1.54) is 16.0 Å². The van der Waals surface area contributed by atoms with Crippen molar-refractivity contribution in [2.45, 2.75) is 45.2 Å². The topological polar surface area (TPSA) is 78.1 Å². The third-order valence-corrected chi connectivity index (χ3v) is 6.48. The number of aryl methyl sites for hydroxylation is 3. The number of aromatic nitrogens is 2. The number of amides is 1. The zero-order valence-corrected chi connectivity index (χ0v) is 17.7. The number of nitrogens with zero attached hydrogens (tertiary/aromatic N) is 2. The summed E-state index contributed by atoms with van der Waals surface area (Å²) in [6.45, 7) is 1.34. The maximum atomic E-state index is 12.5. The Labute approximate surface area is 174 Å². The van der Waals surface area contributed by atoms with Crippen molar-refractivity contribution >= 4 is 27.5 Å². The summed E-state index contributed by atoms with van der Waals surface area (Å²) < 4.78 is 0. The van der Waals surface area contributed by atoms with E-state index in [1.807, 2.05) is 32.3 Å². The summed E-state index contributed by atoms with van der Waals surface area (Å²) >= 11 is 1.63. The van der Waals surface area contributed by atoms with Crippen LogP contribution in [0.4, 0.5) is 0 Å². The maximum Gasteiger partial charge on any atom is 0.259 e. The molecule has 0 atom stereocenters. The van der Waals surface area contributed by atoms with Crippen molar-refractivity contribution in [3.05, 3.63) is 62.0 Å². The highest BCUT2D eigenvalue weighted by Gasteiger charge is 2.21. The average molecular weight is 411 g/mol. The Bertz CT molecular complexity index is 1100. The number of nitrogens with one attached hydrogen (secondary N) is 2. The van der Waals surface area contributed by atoms with E-state index in [9.17, 15) is 9.59 Å². The first-order valence-electron chi connectivity index (χ1n) is 10.0. The molecule has 0 radical (unpaired) electrons. The highest BCUT2D eigenvalue weighted by atomic mass is 32.1. The van der Waals surface area contributed by atoms with Gasteiger partial charge in [0.2, 0.25) is 5.91 Å². The monoisotopic (exact) mass is 410 g/mol. The Hall–Kier alpha value is -2.51. The molecule has 2 heterocycles. The van der Waals surface area contributed by atoms with Crippen molar-refractivity contribution in [3.63, 3.8) is 0 Å². The second-order valence-electron chi connectivity index (χ2n) is 7.83. The number of H-pyrrole nitrogens is 1. The number of benzene rings is 1. The molecule has 1 aliphatic carbocycles. The van der Waals surface area contributed by atoms with E-state index in [-0.39, 0.29) is 11.5 Å². The van der Waals surface area contributed by atoms with Crippen LogP contribution in [-0.4, -0.2) is 34.9 Å². The van der Waals surface area contributed by atoms with Gasteiger partial charge in [-0.1, -0.05) is 24.3 Å². The standard InChI is InChI=1S/C22H26N4O2S/c1-26(2)13-15-7-4-3-6-14(15)12-23-19(27)11-10-18-24-21(28)20-16-8-5-9-17(16)29-22(20)25-18/h3-4,6-7H,5,8-13H2,1-2H3,(H,23,27)(H,24,25,28). The molecule has 1 aliphatic rings. The van der Waals surface area contributed by atoms with Gasteiger partial charge in [0.25, 0.3) is 5.56 Å². The first-order chi connectivity index (χ1) is 14.0. The summed E-state index contributed by atoms with van der Waals surface area (Å²) in [5, 5.41) is 3.75. The quantitative estimate of drug-likeness (QED) is 0.628. The molecule has 3 aromatic rings. The van der Waals surface area contributed by atoms with Crippen molar-refractivity contribution in [3.8, 4) is 0 Å². The minimum atomic E-state index is -0.0672. The molecule has 0 saturated heterocycles. The van der Waals surface area contributed by atoms with Crippen LogP contribution in [0, 0.1) is 0 Å². The van der Waals surface area contributed by atoms with E-state index in [2.05, 4.69) is 26.3 Å². The van der Waals surface area contributed by atoms with Crippen LogP contribution >= 0.6 is 11.3 Å². The van der Waals surface area contributed by atoms with Crippen molar-refractivity contribution in [2.75, 3.05) is 14.1 Å². The van der Waals surface area contributed by atoms with Crippen molar-refractivity contribution in [2.24, 2.45) is 0 Å². The Morgan fingerprint density at radius 3 is 2.83 bits per heavy atom. The molecule has 4 rings (SSSR count). The van der Waals surface area contributed by atoms with E-state index in [0.717, 1.165) is 41.6 Å². The third-order valence-electron chi connectivity index (χ3n) is 5.29. The molecule has 0 spiro atoms. The number of carbonyl (C=O) groups is 1. The van der Waals surface area contributed by atoms with E-state index >= 15 is 0 Å². The lowest BCUT2D eigenvalue weighted by Gasteiger charge is -2.14. The molecule has 0 unspecified atom stereocenters. The molecule has 2 N–H and O–H groups in total. The fourth-order valence-electron chi connectivity index (χ4n) is 3.90. The lowest BCUT2D eigenvalue weighted by atomic mass is 10.1. The van der Waals surface area contributed by atoms with Gasteiger partial charge in [0.1, 0.15) is 10.7 Å². The zero-order chi connectivity index (χ0) is 20.4.